The SMILES string of the molecule is COc1cc(CNCc2ccc(C)cc2)c(Br)cc1OC(C)C. The first-order valence-electron chi connectivity index (χ1n) is 7.79. The Morgan fingerprint density at radius 3 is 2.35 bits per heavy atom. The Balaban J connectivity index is 2.03. The molecular weight excluding hydrogens is 354 g/mol. The van der Waals surface area contributed by atoms with Crippen LogP contribution in [0.25, 0.3) is 0 Å². The molecule has 0 aliphatic rings. The standard InChI is InChI=1S/C19H24BrNO2/c1-13(2)23-19-10-17(20)16(9-18(19)22-4)12-21-11-15-7-5-14(3)6-8-15/h5-10,13,21H,11-12H2,1-4H3. The average molecular weight is 378 g/mol. The fourth-order valence-corrected chi connectivity index (χ4v) is 2.73. The molecule has 2 rings (SSSR count). The Labute approximate surface area is 147 Å². The second kappa shape index (κ2) is 8.37. The number of ether oxygens (including phenoxy) is 2. The molecule has 0 unspecified atom stereocenters. The van der Waals surface area contributed by atoms with Gasteiger partial charge in [0, 0.05) is 17.6 Å². The van der Waals surface area contributed by atoms with Crippen LogP contribution in [-0.4, -0.2) is 13.2 Å². The zero-order valence-corrected chi connectivity index (χ0v) is 15.7. The minimum absolute atomic E-state index is 0.112. The fourth-order valence-electron chi connectivity index (χ4n) is 2.27. The molecule has 4 heteroatoms. The molecule has 23 heavy (non-hydrogen) atoms. The Kier molecular flexibility index (Phi) is 6.48. The minimum Gasteiger partial charge on any atom is -0.493 e. The first-order valence-corrected chi connectivity index (χ1v) is 8.58. The van der Waals surface area contributed by atoms with Crippen molar-refractivity contribution >= 4 is 15.9 Å². The van der Waals surface area contributed by atoms with Crippen molar-refractivity contribution in [3.05, 3.63) is 57.6 Å². The fraction of sp³-hybridized carbons (Fsp3) is 0.368. The van der Waals surface area contributed by atoms with Gasteiger partial charge in [0.1, 0.15) is 0 Å². The maximum absolute atomic E-state index is 5.78. The molecule has 0 saturated carbocycles. The molecule has 0 aromatic heterocycles. The van der Waals surface area contributed by atoms with E-state index in [-0.39, 0.29) is 6.10 Å². The molecule has 0 aliphatic carbocycles. The number of hydrogen-bond acceptors (Lipinski definition) is 3. The van der Waals surface area contributed by atoms with Crippen LogP contribution in [0.4, 0.5) is 0 Å². The Bertz CT molecular complexity index is 639. The third-order valence-corrected chi connectivity index (χ3v) is 4.20. The lowest BCUT2D eigenvalue weighted by Crippen LogP contribution is -2.13. The van der Waals surface area contributed by atoms with Crippen molar-refractivity contribution in [2.45, 2.75) is 40.0 Å². The summed E-state index contributed by atoms with van der Waals surface area (Å²) in [6.45, 7) is 7.70. The number of nitrogens with one attached hydrogen (secondary N) is 1. The van der Waals surface area contributed by atoms with Crippen LogP contribution >= 0.6 is 15.9 Å². The largest absolute Gasteiger partial charge is 0.493 e. The molecule has 0 aliphatic heterocycles. The van der Waals surface area contributed by atoms with E-state index < -0.39 is 0 Å². The summed E-state index contributed by atoms with van der Waals surface area (Å²) in [5.41, 5.74) is 3.70. The molecule has 0 saturated heterocycles. The smallest absolute Gasteiger partial charge is 0.162 e. The molecule has 124 valence electrons. The van der Waals surface area contributed by atoms with Crippen LogP contribution in [0.1, 0.15) is 30.5 Å². The van der Waals surface area contributed by atoms with E-state index in [2.05, 4.69) is 52.4 Å². The van der Waals surface area contributed by atoms with E-state index in [1.165, 1.54) is 11.1 Å². The summed E-state index contributed by atoms with van der Waals surface area (Å²) >= 11 is 3.62. The van der Waals surface area contributed by atoms with Crippen LogP contribution in [0, 0.1) is 6.92 Å². The number of benzene rings is 2. The van der Waals surface area contributed by atoms with E-state index in [0.29, 0.717) is 0 Å². The summed E-state index contributed by atoms with van der Waals surface area (Å²) in [5.74, 6) is 1.52. The van der Waals surface area contributed by atoms with Crippen LogP contribution < -0.4 is 14.8 Å². The number of rotatable bonds is 7. The molecular formula is C19H24BrNO2. The highest BCUT2D eigenvalue weighted by Gasteiger charge is 2.11. The van der Waals surface area contributed by atoms with Gasteiger partial charge in [-0.2, -0.15) is 0 Å². The predicted octanol–water partition coefficient (Wildman–Crippen LogP) is 4.84. The predicted molar refractivity (Wildman–Crippen MR) is 98.2 cm³/mol. The minimum atomic E-state index is 0.112. The maximum atomic E-state index is 5.78. The van der Waals surface area contributed by atoms with Gasteiger partial charge in [0.2, 0.25) is 0 Å². The van der Waals surface area contributed by atoms with Gasteiger partial charge in [-0.05, 0) is 44.0 Å². The number of hydrogen-bond donors (Lipinski definition) is 1. The zero-order chi connectivity index (χ0) is 16.8. The van der Waals surface area contributed by atoms with Crippen molar-refractivity contribution in [1.82, 2.24) is 5.32 Å². The third-order valence-electron chi connectivity index (χ3n) is 3.46. The van der Waals surface area contributed by atoms with Crippen molar-refractivity contribution in [1.29, 1.82) is 0 Å². The van der Waals surface area contributed by atoms with Crippen LogP contribution in [-0.2, 0) is 13.1 Å². The summed E-state index contributed by atoms with van der Waals surface area (Å²) in [5, 5.41) is 3.46. The van der Waals surface area contributed by atoms with Crippen molar-refractivity contribution in [2.75, 3.05) is 7.11 Å². The van der Waals surface area contributed by atoms with Gasteiger partial charge in [-0.3, -0.25) is 0 Å². The van der Waals surface area contributed by atoms with Crippen LogP contribution in [0.3, 0.4) is 0 Å². The Morgan fingerprint density at radius 2 is 1.74 bits per heavy atom. The van der Waals surface area contributed by atoms with Gasteiger partial charge in [0.05, 0.1) is 13.2 Å². The van der Waals surface area contributed by atoms with Crippen molar-refractivity contribution < 1.29 is 9.47 Å². The van der Waals surface area contributed by atoms with Crippen molar-refractivity contribution in [2.24, 2.45) is 0 Å². The molecule has 2 aromatic carbocycles. The molecule has 0 heterocycles. The maximum Gasteiger partial charge on any atom is 0.162 e. The molecule has 1 N–H and O–H groups in total. The molecule has 0 atom stereocenters. The van der Waals surface area contributed by atoms with E-state index >= 15 is 0 Å². The summed E-state index contributed by atoms with van der Waals surface area (Å²) in [4.78, 5) is 0. The van der Waals surface area contributed by atoms with Gasteiger partial charge < -0.3 is 14.8 Å². The molecule has 0 fully saturated rings. The number of halogens is 1. The highest BCUT2D eigenvalue weighted by Crippen LogP contribution is 2.34. The van der Waals surface area contributed by atoms with Crippen LogP contribution in [0.2, 0.25) is 0 Å². The van der Waals surface area contributed by atoms with E-state index in [1.54, 1.807) is 7.11 Å². The first-order chi connectivity index (χ1) is 11.0. The Morgan fingerprint density at radius 1 is 1.04 bits per heavy atom. The molecule has 0 spiro atoms. The third kappa shape index (κ3) is 5.26. The van der Waals surface area contributed by atoms with Gasteiger partial charge in [-0.1, -0.05) is 45.8 Å². The normalized spacial score (nSPS) is 10.9. The lowest BCUT2D eigenvalue weighted by molar-refractivity contribution is 0.230. The van der Waals surface area contributed by atoms with Gasteiger partial charge in [-0.25, -0.2) is 0 Å². The molecule has 3 nitrogen and oxygen atoms in total. The molecule has 0 bridgehead atoms. The molecule has 0 radical (unpaired) electrons. The van der Waals surface area contributed by atoms with Gasteiger partial charge in [0.25, 0.3) is 0 Å². The highest BCUT2D eigenvalue weighted by molar-refractivity contribution is 9.10. The molecule has 2 aromatic rings. The summed E-state index contributed by atoms with van der Waals surface area (Å²) in [7, 11) is 1.67. The number of aryl methyl sites for hydroxylation is 1. The monoisotopic (exact) mass is 377 g/mol. The zero-order valence-electron chi connectivity index (χ0n) is 14.2. The van der Waals surface area contributed by atoms with Crippen molar-refractivity contribution in [3.8, 4) is 11.5 Å². The highest BCUT2D eigenvalue weighted by atomic mass is 79.9. The quantitative estimate of drug-likeness (QED) is 0.748. The van der Waals surface area contributed by atoms with Crippen LogP contribution in [0.15, 0.2) is 40.9 Å². The van der Waals surface area contributed by atoms with E-state index in [0.717, 1.165) is 34.6 Å². The van der Waals surface area contributed by atoms with Gasteiger partial charge >= 0.3 is 0 Å². The number of methoxy groups -OCH3 is 1. The summed E-state index contributed by atoms with van der Waals surface area (Å²) in [6, 6.07) is 12.6. The van der Waals surface area contributed by atoms with E-state index in [9.17, 15) is 0 Å². The van der Waals surface area contributed by atoms with E-state index in [4.69, 9.17) is 9.47 Å². The summed E-state index contributed by atoms with van der Waals surface area (Å²) < 4.78 is 12.2. The van der Waals surface area contributed by atoms with Crippen LogP contribution in [0.5, 0.6) is 11.5 Å². The second-order valence-electron chi connectivity index (χ2n) is 5.85. The second-order valence-corrected chi connectivity index (χ2v) is 6.70. The lowest BCUT2D eigenvalue weighted by atomic mass is 10.1. The average Bonchev–Trinajstić information content (AvgIpc) is 2.50. The molecule has 0 amide bonds. The first kappa shape index (κ1) is 17.8. The Hall–Kier alpha value is -1.52. The van der Waals surface area contributed by atoms with Crippen molar-refractivity contribution in [3.63, 3.8) is 0 Å². The lowest BCUT2D eigenvalue weighted by Gasteiger charge is -2.16. The van der Waals surface area contributed by atoms with Gasteiger partial charge in [-0.15, -0.1) is 0 Å². The topological polar surface area (TPSA) is 30.5 Å². The van der Waals surface area contributed by atoms with E-state index in [1.807, 2.05) is 26.0 Å². The summed E-state index contributed by atoms with van der Waals surface area (Å²) in [6.07, 6.45) is 0.112. The van der Waals surface area contributed by atoms with Gasteiger partial charge in [0.15, 0.2) is 11.5 Å².